The van der Waals surface area contributed by atoms with Crippen molar-refractivity contribution < 1.29 is 23.5 Å². The highest BCUT2D eigenvalue weighted by atomic mass is 28.4. The minimum absolute atomic E-state index is 0.1000. The monoisotopic (exact) mass is 586 g/mol. The molecule has 1 fully saturated rings. The van der Waals surface area contributed by atoms with Crippen LogP contribution < -0.4 is 24.9 Å². The van der Waals surface area contributed by atoms with E-state index in [4.69, 9.17) is 13.9 Å². The van der Waals surface area contributed by atoms with Crippen LogP contribution >= 0.6 is 0 Å². The number of hydrogen-bond acceptors (Lipinski definition) is 5. The number of nitrogens with zero attached hydrogens (tertiary/aromatic N) is 1. The van der Waals surface area contributed by atoms with E-state index in [2.05, 4.69) is 80.7 Å². The number of ether oxygens (including phenoxy) is 2. The molecule has 0 bridgehead atoms. The molecule has 3 aromatic rings. The van der Waals surface area contributed by atoms with Crippen molar-refractivity contribution in [2.75, 3.05) is 13.2 Å². The maximum Gasteiger partial charge on any atom is 0.408 e. The van der Waals surface area contributed by atoms with Gasteiger partial charge in [-0.3, -0.25) is 4.79 Å². The van der Waals surface area contributed by atoms with E-state index >= 15 is 0 Å². The zero-order valence-corrected chi connectivity index (χ0v) is 26.5. The molecule has 0 aliphatic carbocycles. The molecule has 222 valence electrons. The Morgan fingerprint density at radius 1 is 0.905 bits per heavy atom. The number of carbonyl (C=O) groups is 2. The molecule has 1 saturated heterocycles. The van der Waals surface area contributed by atoms with E-state index < -0.39 is 26.1 Å². The fourth-order valence-corrected chi connectivity index (χ4v) is 10.6. The van der Waals surface area contributed by atoms with Gasteiger partial charge in [0.05, 0.1) is 12.6 Å². The molecule has 8 heteroatoms. The predicted octanol–water partition coefficient (Wildman–Crippen LogP) is 5.57. The summed E-state index contributed by atoms with van der Waals surface area (Å²) in [7, 11) is -2.83. The molecule has 1 N–H and O–H groups in total. The van der Waals surface area contributed by atoms with Gasteiger partial charge in [0.1, 0.15) is 23.1 Å². The van der Waals surface area contributed by atoms with Crippen LogP contribution in [-0.4, -0.2) is 50.0 Å². The number of amides is 2. The smallest absolute Gasteiger partial charge is 0.408 e. The first-order valence-corrected chi connectivity index (χ1v) is 16.7. The summed E-state index contributed by atoms with van der Waals surface area (Å²) >= 11 is 0. The third-order valence-corrected chi connectivity index (χ3v) is 12.9. The van der Waals surface area contributed by atoms with Gasteiger partial charge in [-0.2, -0.15) is 0 Å². The standard InChI is InChI=1S/C34H42N2O5Si/c1-33(2,3)40-32(38)35-28-19-21-36(31(28)37)29-20-22-39-30-18-17-24(23-27(29)30)41-42(34(4,5)6,25-13-9-7-10-14-25)26-15-11-8-12-16-26/h7-18,23,28-29H,19-22H2,1-6H3,(H,35,38)/t28-,29+/m0/s1. The lowest BCUT2D eigenvalue weighted by molar-refractivity contribution is -0.132. The number of rotatable bonds is 6. The molecule has 0 radical (unpaired) electrons. The van der Waals surface area contributed by atoms with Crippen molar-refractivity contribution in [3.8, 4) is 11.5 Å². The van der Waals surface area contributed by atoms with Crippen LogP contribution in [0.25, 0.3) is 0 Å². The second-order valence-corrected chi connectivity index (χ2v) is 17.4. The van der Waals surface area contributed by atoms with Crippen molar-refractivity contribution in [3.05, 3.63) is 84.4 Å². The largest absolute Gasteiger partial charge is 0.534 e. The Labute approximate surface area is 250 Å². The van der Waals surface area contributed by atoms with Gasteiger partial charge in [0.15, 0.2) is 0 Å². The maximum absolute atomic E-state index is 13.5. The SMILES string of the molecule is CC(C)(C)OC(=O)N[C@H]1CCN([C@@H]2CCOc3ccc(O[Si](c4ccccc4)(c4ccccc4)C(C)(C)C)cc32)C1=O. The van der Waals surface area contributed by atoms with E-state index in [1.807, 2.05) is 29.2 Å². The fraction of sp³-hybridized carbons (Fsp3) is 0.412. The van der Waals surface area contributed by atoms with Crippen molar-refractivity contribution in [3.63, 3.8) is 0 Å². The summed E-state index contributed by atoms with van der Waals surface area (Å²) in [6, 6.07) is 26.3. The zero-order valence-electron chi connectivity index (χ0n) is 25.5. The molecule has 2 heterocycles. The van der Waals surface area contributed by atoms with Gasteiger partial charge in [-0.25, -0.2) is 4.79 Å². The molecule has 0 aromatic heterocycles. The van der Waals surface area contributed by atoms with Gasteiger partial charge in [0, 0.05) is 18.5 Å². The first-order valence-electron chi connectivity index (χ1n) is 14.8. The number of carbonyl (C=O) groups excluding carboxylic acids is 2. The third kappa shape index (κ3) is 5.90. The normalized spacial score (nSPS) is 19.1. The molecule has 0 spiro atoms. The van der Waals surface area contributed by atoms with Gasteiger partial charge in [0.25, 0.3) is 0 Å². The van der Waals surface area contributed by atoms with Crippen LogP contribution in [0.5, 0.6) is 11.5 Å². The molecular weight excluding hydrogens is 544 g/mol. The van der Waals surface area contributed by atoms with E-state index in [1.54, 1.807) is 20.8 Å². The number of hydrogen-bond donors (Lipinski definition) is 1. The molecule has 2 aliphatic heterocycles. The number of fused-ring (bicyclic) bond motifs is 1. The topological polar surface area (TPSA) is 77.1 Å². The van der Waals surface area contributed by atoms with E-state index in [0.29, 0.717) is 26.0 Å². The molecule has 42 heavy (non-hydrogen) atoms. The molecule has 0 saturated carbocycles. The minimum atomic E-state index is -2.83. The molecule has 2 atom stereocenters. The summed E-state index contributed by atoms with van der Waals surface area (Å²) in [5, 5.41) is 4.97. The van der Waals surface area contributed by atoms with Crippen molar-refractivity contribution >= 4 is 30.7 Å². The second kappa shape index (κ2) is 11.5. The molecule has 2 amide bonds. The van der Waals surface area contributed by atoms with Crippen molar-refractivity contribution in [2.24, 2.45) is 0 Å². The molecule has 7 nitrogen and oxygen atoms in total. The highest BCUT2D eigenvalue weighted by Gasteiger charge is 2.52. The van der Waals surface area contributed by atoms with Crippen molar-refractivity contribution in [1.82, 2.24) is 10.2 Å². The lowest BCUT2D eigenvalue weighted by Gasteiger charge is -2.43. The second-order valence-electron chi connectivity index (χ2n) is 13.1. The Balaban J connectivity index is 1.48. The Morgan fingerprint density at radius 3 is 2.10 bits per heavy atom. The predicted molar refractivity (Wildman–Crippen MR) is 167 cm³/mol. The summed E-state index contributed by atoms with van der Waals surface area (Å²) in [5.74, 6) is 1.42. The summed E-state index contributed by atoms with van der Waals surface area (Å²) in [4.78, 5) is 27.8. The summed E-state index contributed by atoms with van der Waals surface area (Å²) in [6.45, 7) is 13.2. The van der Waals surface area contributed by atoms with E-state index in [9.17, 15) is 9.59 Å². The summed E-state index contributed by atoms with van der Waals surface area (Å²) in [5.41, 5.74) is 0.301. The number of alkyl carbamates (subject to hydrolysis) is 1. The molecule has 3 aromatic carbocycles. The number of likely N-dealkylation sites (tertiary alicyclic amines) is 1. The number of benzene rings is 3. The van der Waals surface area contributed by atoms with Crippen molar-refractivity contribution in [2.45, 2.75) is 77.1 Å². The zero-order chi connectivity index (χ0) is 30.1. The lowest BCUT2D eigenvalue weighted by atomic mass is 9.99. The maximum atomic E-state index is 13.5. The highest BCUT2D eigenvalue weighted by Crippen LogP contribution is 2.42. The summed E-state index contributed by atoms with van der Waals surface area (Å²) < 4.78 is 18.7. The molecule has 0 unspecified atom stereocenters. The van der Waals surface area contributed by atoms with E-state index in [1.165, 1.54) is 10.4 Å². The number of nitrogens with one attached hydrogen (secondary N) is 1. The first kappa shape index (κ1) is 29.7. The Bertz CT molecular complexity index is 1380. The van der Waals surface area contributed by atoms with Crippen LogP contribution in [0.3, 0.4) is 0 Å². The fourth-order valence-electron chi connectivity index (χ4n) is 6.16. The van der Waals surface area contributed by atoms with Gasteiger partial charge in [0.2, 0.25) is 5.91 Å². The Morgan fingerprint density at radius 2 is 1.52 bits per heavy atom. The third-order valence-electron chi connectivity index (χ3n) is 7.98. The van der Waals surface area contributed by atoms with Crippen molar-refractivity contribution in [1.29, 1.82) is 0 Å². The minimum Gasteiger partial charge on any atom is -0.534 e. The van der Waals surface area contributed by atoms with Gasteiger partial charge >= 0.3 is 14.4 Å². The van der Waals surface area contributed by atoms with Gasteiger partial charge in [-0.15, -0.1) is 0 Å². The lowest BCUT2D eigenvalue weighted by Crippen LogP contribution is -2.68. The quantitative estimate of drug-likeness (QED) is 0.382. The average molecular weight is 587 g/mol. The average Bonchev–Trinajstić information content (AvgIpc) is 3.29. The highest BCUT2D eigenvalue weighted by molar-refractivity contribution is 7.00. The molecular formula is C34H42N2O5Si. The van der Waals surface area contributed by atoms with E-state index in [-0.39, 0.29) is 17.0 Å². The molecule has 2 aliphatic rings. The van der Waals surface area contributed by atoms with Crippen LogP contribution in [0.4, 0.5) is 4.79 Å². The van der Waals surface area contributed by atoms with Gasteiger partial charge in [-0.05, 0) is 60.8 Å². The van der Waals surface area contributed by atoms with Gasteiger partial charge in [-0.1, -0.05) is 81.4 Å². The van der Waals surface area contributed by atoms with Gasteiger partial charge < -0.3 is 24.1 Å². The van der Waals surface area contributed by atoms with Crippen LogP contribution in [0.2, 0.25) is 5.04 Å². The van der Waals surface area contributed by atoms with Crippen LogP contribution in [0.1, 0.15) is 66.0 Å². The van der Waals surface area contributed by atoms with E-state index in [0.717, 1.165) is 17.1 Å². The van der Waals surface area contributed by atoms with Crippen LogP contribution in [0, 0.1) is 0 Å². The first-order chi connectivity index (χ1) is 19.9. The van der Waals surface area contributed by atoms with Crippen LogP contribution in [0.15, 0.2) is 78.9 Å². The molecule has 5 rings (SSSR count). The Kier molecular flexibility index (Phi) is 8.12. The van der Waals surface area contributed by atoms with Crippen LogP contribution in [-0.2, 0) is 9.53 Å². The summed E-state index contributed by atoms with van der Waals surface area (Å²) in [6.07, 6.45) is 0.625. The Hall–Kier alpha value is -3.78.